The van der Waals surface area contributed by atoms with E-state index in [1.807, 2.05) is 6.07 Å². The molecule has 2 nitrogen and oxygen atoms in total. The van der Waals surface area contributed by atoms with Crippen LogP contribution in [0.15, 0.2) is 30.3 Å². The fraction of sp³-hybridized carbons (Fsp3) is 0.455. The van der Waals surface area contributed by atoms with Gasteiger partial charge in [-0.15, -0.1) is 0 Å². The Morgan fingerprint density at radius 2 is 1.93 bits per heavy atom. The monoisotopic (exact) mass is 208 g/mol. The summed E-state index contributed by atoms with van der Waals surface area (Å²) in [6, 6.07) is 10.5. The first-order valence-electron chi connectivity index (χ1n) is 4.98. The van der Waals surface area contributed by atoms with Crippen molar-refractivity contribution in [3.8, 4) is 0 Å². The van der Waals surface area contributed by atoms with E-state index in [-0.39, 0.29) is 12.7 Å². The summed E-state index contributed by atoms with van der Waals surface area (Å²) in [5.74, 6) is 0. The Bertz CT molecular complexity index is 310. The summed E-state index contributed by atoms with van der Waals surface area (Å²) in [5, 5.41) is 10.4. The third-order valence-corrected chi connectivity index (χ3v) is 6.74. The zero-order valence-corrected chi connectivity index (χ0v) is 9.60. The number of hydrogen-bond donors (Lipinski definition) is 1. The molecule has 1 aromatic carbocycles. The van der Waals surface area contributed by atoms with Crippen molar-refractivity contribution in [2.24, 2.45) is 0 Å². The Labute approximate surface area is 85.5 Å². The zero-order valence-electron chi connectivity index (χ0n) is 8.60. The lowest BCUT2D eigenvalue weighted by Gasteiger charge is -2.20. The van der Waals surface area contributed by atoms with E-state index in [0.29, 0.717) is 5.73 Å². The maximum absolute atomic E-state index is 8.98. The van der Waals surface area contributed by atoms with Crippen LogP contribution >= 0.6 is 0 Å². The van der Waals surface area contributed by atoms with E-state index in [1.54, 1.807) is 0 Å². The van der Waals surface area contributed by atoms with Gasteiger partial charge in [0.2, 0.25) is 0 Å². The number of hydrogen-bond acceptors (Lipinski definition) is 2. The van der Waals surface area contributed by atoms with Gasteiger partial charge in [0, 0.05) is 0 Å². The Balaban J connectivity index is 2.17. The van der Waals surface area contributed by atoms with Crippen LogP contribution in [0.25, 0.3) is 0 Å². The molecule has 1 aliphatic heterocycles. The topological polar surface area (TPSA) is 32.8 Å². The molecule has 0 amide bonds. The minimum atomic E-state index is -1.51. The second-order valence-corrected chi connectivity index (χ2v) is 8.96. The largest absolute Gasteiger partial charge is 0.394 e. The Morgan fingerprint density at radius 3 is 2.43 bits per heavy atom. The number of aliphatic hydroxyl groups is 1. The second kappa shape index (κ2) is 3.49. The minimum Gasteiger partial charge on any atom is -0.394 e. The molecular formula is C11H16O2Si. The van der Waals surface area contributed by atoms with E-state index in [0.717, 1.165) is 0 Å². The fourth-order valence-corrected chi connectivity index (χ4v) is 4.88. The molecule has 1 N–H and O–H groups in total. The number of ether oxygens (including phenoxy) is 1. The van der Waals surface area contributed by atoms with Crippen LogP contribution in [0, 0.1) is 0 Å². The van der Waals surface area contributed by atoms with Crippen molar-refractivity contribution < 1.29 is 9.84 Å². The molecule has 14 heavy (non-hydrogen) atoms. The van der Waals surface area contributed by atoms with E-state index in [9.17, 15) is 0 Å². The van der Waals surface area contributed by atoms with Crippen LogP contribution in [-0.2, 0) is 4.74 Å². The number of benzene rings is 1. The predicted molar refractivity (Wildman–Crippen MR) is 59.3 cm³/mol. The molecule has 3 heteroatoms. The van der Waals surface area contributed by atoms with Gasteiger partial charge in [-0.25, -0.2) is 0 Å². The van der Waals surface area contributed by atoms with Crippen molar-refractivity contribution in [2.75, 3.05) is 6.61 Å². The summed E-state index contributed by atoms with van der Waals surface area (Å²) in [7, 11) is -1.51. The fourth-order valence-electron chi connectivity index (χ4n) is 1.95. The maximum atomic E-state index is 8.98. The average molecular weight is 208 g/mol. The van der Waals surface area contributed by atoms with Crippen LogP contribution in [0.5, 0.6) is 0 Å². The van der Waals surface area contributed by atoms with Crippen molar-refractivity contribution in [3.63, 3.8) is 0 Å². The molecule has 0 saturated carbocycles. The Morgan fingerprint density at radius 1 is 1.29 bits per heavy atom. The maximum Gasteiger partial charge on any atom is 0.117 e. The highest BCUT2D eigenvalue weighted by atomic mass is 28.3. The molecule has 0 aliphatic carbocycles. The molecule has 0 unspecified atom stereocenters. The van der Waals surface area contributed by atoms with E-state index in [2.05, 4.69) is 37.4 Å². The molecular weight excluding hydrogens is 192 g/mol. The lowest BCUT2D eigenvalue weighted by atomic mass is 10.4. The highest BCUT2D eigenvalue weighted by Crippen LogP contribution is 2.30. The first-order valence-corrected chi connectivity index (χ1v) is 8.06. The van der Waals surface area contributed by atoms with Gasteiger partial charge in [0.05, 0.1) is 12.3 Å². The van der Waals surface area contributed by atoms with Gasteiger partial charge in [-0.1, -0.05) is 48.6 Å². The van der Waals surface area contributed by atoms with Gasteiger partial charge >= 0.3 is 0 Å². The summed E-state index contributed by atoms with van der Waals surface area (Å²) in [6.07, 6.45) is 0.0943. The average Bonchev–Trinajstić information content (AvgIpc) is 2.98. The van der Waals surface area contributed by atoms with Crippen molar-refractivity contribution in [1.82, 2.24) is 0 Å². The quantitative estimate of drug-likeness (QED) is 0.591. The van der Waals surface area contributed by atoms with E-state index < -0.39 is 8.07 Å². The highest BCUT2D eigenvalue weighted by molar-refractivity contribution is 6.91. The van der Waals surface area contributed by atoms with Gasteiger partial charge < -0.3 is 9.84 Å². The van der Waals surface area contributed by atoms with Crippen LogP contribution in [-0.4, -0.2) is 31.6 Å². The van der Waals surface area contributed by atoms with E-state index in [4.69, 9.17) is 9.84 Å². The Kier molecular flexibility index (Phi) is 2.47. The van der Waals surface area contributed by atoms with Crippen molar-refractivity contribution in [3.05, 3.63) is 30.3 Å². The summed E-state index contributed by atoms with van der Waals surface area (Å²) >= 11 is 0. The summed E-state index contributed by atoms with van der Waals surface area (Å²) in [4.78, 5) is 0. The summed E-state index contributed by atoms with van der Waals surface area (Å²) in [5.41, 5.74) is 0.301. The van der Waals surface area contributed by atoms with Crippen molar-refractivity contribution in [1.29, 1.82) is 0 Å². The van der Waals surface area contributed by atoms with Crippen LogP contribution < -0.4 is 5.19 Å². The molecule has 1 saturated heterocycles. The standard InChI is InChI=1S/C11H16O2Si/c1-14(2,11-10(8-12)13-11)9-6-4-3-5-7-9/h3-7,10-12H,8H2,1-2H3/t10-,11-/m0/s1. The highest BCUT2D eigenvalue weighted by Gasteiger charge is 2.51. The third kappa shape index (κ3) is 1.63. The molecule has 2 rings (SSSR count). The molecule has 0 bridgehead atoms. The molecule has 1 aromatic rings. The second-order valence-electron chi connectivity index (χ2n) is 4.37. The molecule has 0 aromatic heterocycles. The van der Waals surface area contributed by atoms with Gasteiger partial charge in [-0.3, -0.25) is 0 Å². The van der Waals surface area contributed by atoms with Crippen molar-refractivity contribution in [2.45, 2.75) is 24.9 Å². The summed E-state index contributed by atoms with van der Waals surface area (Å²) < 4.78 is 5.50. The van der Waals surface area contributed by atoms with Crippen LogP contribution in [0.2, 0.25) is 13.1 Å². The lowest BCUT2D eigenvalue weighted by molar-refractivity contribution is 0.243. The molecule has 0 spiro atoms. The molecule has 1 aliphatic rings. The van der Waals surface area contributed by atoms with Crippen LogP contribution in [0.4, 0.5) is 0 Å². The lowest BCUT2D eigenvalue weighted by Crippen LogP contribution is -2.48. The van der Waals surface area contributed by atoms with E-state index >= 15 is 0 Å². The number of aliphatic hydroxyl groups excluding tert-OH is 1. The number of epoxide rings is 1. The van der Waals surface area contributed by atoms with Crippen LogP contribution in [0.3, 0.4) is 0 Å². The van der Waals surface area contributed by atoms with E-state index in [1.165, 1.54) is 5.19 Å². The molecule has 1 heterocycles. The first kappa shape index (κ1) is 9.89. The molecule has 76 valence electrons. The smallest absolute Gasteiger partial charge is 0.117 e. The van der Waals surface area contributed by atoms with Gasteiger partial charge in [-0.2, -0.15) is 0 Å². The van der Waals surface area contributed by atoms with Gasteiger partial charge in [0.25, 0.3) is 0 Å². The van der Waals surface area contributed by atoms with Gasteiger partial charge in [0.15, 0.2) is 0 Å². The van der Waals surface area contributed by atoms with Gasteiger partial charge in [-0.05, 0) is 0 Å². The SMILES string of the molecule is C[Si](C)(c1ccccc1)[C@@H]1O[C@H]1CO. The van der Waals surface area contributed by atoms with Gasteiger partial charge in [0.1, 0.15) is 14.2 Å². The first-order chi connectivity index (χ1) is 6.66. The summed E-state index contributed by atoms with van der Waals surface area (Å²) in [6.45, 7) is 4.75. The zero-order chi connectivity index (χ0) is 10.2. The van der Waals surface area contributed by atoms with Crippen molar-refractivity contribution >= 4 is 13.3 Å². The molecule has 2 atom stereocenters. The normalized spacial score (nSPS) is 26.2. The molecule has 0 radical (unpaired) electrons. The number of rotatable bonds is 3. The minimum absolute atomic E-state index is 0.0943. The molecule has 1 fully saturated rings. The Hall–Kier alpha value is -0.643. The predicted octanol–water partition coefficient (Wildman–Crippen LogP) is 0.901. The third-order valence-electron chi connectivity index (χ3n) is 2.99. The van der Waals surface area contributed by atoms with Crippen LogP contribution in [0.1, 0.15) is 0 Å².